The Labute approximate surface area is 118 Å². The molecule has 0 saturated heterocycles. The number of hydrogen-bond acceptors (Lipinski definition) is 2. The number of halogens is 2. The zero-order valence-electron chi connectivity index (χ0n) is 10.2. The number of nitrogens with one attached hydrogen (secondary N) is 1. The Bertz CT molecular complexity index is 734. The van der Waals surface area contributed by atoms with E-state index in [4.69, 9.17) is 0 Å². The van der Waals surface area contributed by atoms with Gasteiger partial charge in [-0.2, -0.15) is 0 Å². The monoisotopic (exact) mass is 319 g/mol. The number of rotatable bonds is 2. The highest BCUT2D eigenvalue weighted by Crippen LogP contribution is 2.26. The summed E-state index contributed by atoms with van der Waals surface area (Å²) in [5, 5.41) is 0.981. The SMILES string of the molecule is Cc1nc(Cc2ccc(F)cc2)c2c(Br)c[nH]c2n1. The molecular weight excluding hydrogens is 309 g/mol. The zero-order valence-corrected chi connectivity index (χ0v) is 11.8. The minimum absolute atomic E-state index is 0.226. The lowest BCUT2D eigenvalue weighted by molar-refractivity contribution is 0.627. The van der Waals surface area contributed by atoms with E-state index < -0.39 is 0 Å². The first-order chi connectivity index (χ1) is 9.13. The average Bonchev–Trinajstić information content (AvgIpc) is 2.74. The van der Waals surface area contributed by atoms with E-state index in [1.807, 2.05) is 13.1 Å². The van der Waals surface area contributed by atoms with Gasteiger partial charge in [0.15, 0.2) is 0 Å². The number of nitrogens with zero attached hydrogens (tertiary/aromatic N) is 2. The van der Waals surface area contributed by atoms with Crippen molar-refractivity contribution in [3.63, 3.8) is 0 Å². The summed E-state index contributed by atoms with van der Waals surface area (Å²) >= 11 is 3.50. The first-order valence-corrected chi connectivity index (χ1v) is 6.67. The van der Waals surface area contributed by atoms with Crippen LogP contribution in [0.3, 0.4) is 0 Å². The first-order valence-electron chi connectivity index (χ1n) is 5.88. The molecule has 0 bridgehead atoms. The van der Waals surface area contributed by atoms with Gasteiger partial charge in [0.05, 0.1) is 11.1 Å². The Morgan fingerprint density at radius 2 is 1.95 bits per heavy atom. The minimum atomic E-state index is -0.226. The van der Waals surface area contributed by atoms with Crippen molar-refractivity contribution in [3.05, 3.63) is 57.8 Å². The van der Waals surface area contributed by atoms with E-state index in [2.05, 4.69) is 30.9 Å². The molecule has 2 heterocycles. The topological polar surface area (TPSA) is 41.6 Å². The van der Waals surface area contributed by atoms with Crippen molar-refractivity contribution in [2.45, 2.75) is 13.3 Å². The number of aromatic nitrogens is 3. The van der Waals surface area contributed by atoms with Crippen molar-refractivity contribution < 1.29 is 4.39 Å². The molecule has 0 radical (unpaired) electrons. The third kappa shape index (κ3) is 2.38. The molecule has 3 nitrogen and oxygen atoms in total. The fraction of sp³-hybridized carbons (Fsp3) is 0.143. The van der Waals surface area contributed by atoms with E-state index in [0.717, 1.165) is 32.6 Å². The maximum atomic E-state index is 12.9. The molecule has 0 spiro atoms. The molecule has 0 saturated carbocycles. The van der Waals surface area contributed by atoms with Gasteiger partial charge in [0.1, 0.15) is 17.3 Å². The van der Waals surface area contributed by atoms with E-state index in [9.17, 15) is 4.39 Å². The first kappa shape index (κ1) is 12.3. The Hall–Kier alpha value is -1.75. The standard InChI is InChI=1S/C14H11BrFN3/c1-8-18-12(6-9-2-4-10(16)5-3-9)13-11(15)7-17-14(13)19-8/h2-5,7H,6H2,1H3,(H,17,18,19). The number of hydrogen-bond donors (Lipinski definition) is 1. The van der Waals surface area contributed by atoms with Gasteiger partial charge in [-0.15, -0.1) is 0 Å². The molecule has 1 N–H and O–H groups in total. The van der Waals surface area contributed by atoms with Crippen LogP contribution in [0.5, 0.6) is 0 Å². The molecule has 0 fully saturated rings. The molecule has 0 aliphatic rings. The van der Waals surface area contributed by atoms with Crippen LogP contribution in [-0.2, 0) is 6.42 Å². The Balaban J connectivity index is 2.09. The van der Waals surface area contributed by atoms with Crippen LogP contribution in [-0.4, -0.2) is 15.0 Å². The summed E-state index contributed by atoms with van der Waals surface area (Å²) < 4.78 is 13.9. The maximum Gasteiger partial charge on any atom is 0.142 e. The molecular formula is C14H11BrFN3. The highest BCUT2D eigenvalue weighted by atomic mass is 79.9. The van der Waals surface area contributed by atoms with Gasteiger partial charge < -0.3 is 4.98 Å². The lowest BCUT2D eigenvalue weighted by Crippen LogP contribution is -1.98. The van der Waals surface area contributed by atoms with Gasteiger partial charge in [0.25, 0.3) is 0 Å². The lowest BCUT2D eigenvalue weighted by Gasteiger charge is -2.05. The van der Waals surface area contributed by atoms with Crippen LogP contribution in [0.25, 0.3) is 11.0 Å². The zero-order chi connectivity index (χ0) is 13.4. The molecule has 0 amide bonds. The molecule has 0 aliphatic heterocycles. The molecule has 3 aromatic rings. The van der Waals surface area contributed by atoms with Crippen molar-refractivity contribution in [2.24, 2.45) is 0 Å². The maximum absolute atomic E-state index is 12.9. The summed E-state index contributed by atoms with van der Waals surface area (Å²) in [6.07, 6.45) is 2.50. The number of aromatic amines is 1. The average molecular weight is 320 g/mol. The predicted molar refractivity (Wildman–Crippen MR) is 75.5 cm³/mol. The van der Waals surface area contributed by atoms with Crippen LogP contribution in [0.4, 0.5) is 4.39 Å². The molecule has 19 heavy (non-hydrogen) atoms. The Morgan fingerprint density at radius 1 is 1.21 bits per heavy atom. The lowest BCUT2D eigenvalue weighted by atomic mass is 10.1. The van der Waals surface area contributed by atoms with E-state index >= 15 is 0 Å². The van der Waals surface area contributed by atoms with Crippen LogP contribution < -0.4 is 0 Å². The minimum Gasteiger partial charge on any atom is -0.345 e. The third-order valence-electron chi connectivity index (χ3n) is 2.96. The van der Waals surface area contributed by atoms with Gasteiger partial charge in [0, 0.05) is 17.1 Å². The molecule has 1 aromatic carbocycles. The van der Waals surface area contributed by atoms with Gasteiger partial charge >= 0.3 is 0 Å². The molecule has 3 rings (SSSR count). The number of aryl methyl sites for hydroxylation is 1. The Morgan fingerprint density at radius 3 is 2.68 bits per heavy atom. The summed E-state index contributed by atoms with van der Waals surface area (Å²) in [4.78, 5) is 12.0. The number of benzene rings is 1. The van der Waals surface area contributed by atoms with Crippen LogP contribution in [0.15, 0.2) is 34.9 Å². The number of fused-ring (bicyclic) bond motifs is 1. The van der Waals surface area contributed by atoms with Gasteiger partial charge in [-0.25, -0.2) is 14.4 Å². The fourth-order valence-electron chi connectivity index (χ4n) is 2.11. The second kappa shape index (κ2) is 4.74. The fourth-order valence-corrected chi connectivity index (χ4v) is 2.64. The summed E-state index contributed by atoms with van der Waals surface area (Å²) in [6, 6.07) is 6.48. The smallest absolute Gasteiger partial charge is 0.142 e. The molecule has 5 heteroatoms. The predicted octanol–water partition coefficient (Wildman–Crippen LogP) is 3.76. The van der Waals surface area contributed by atoms with E-state index in [1.54, 1.807) is 12.1 Å². The van der Waals surface area contributed by atoms with E-state index in [1.165, 1.54) is 12.1 Å². The van der Waals surface area contributed by atoms with Gasteiger partial charge in [-0.1, -0.05) is 12.1 Å². The van der Waals surface area contributed by atoms with Crippen LogP contribution in [0, 0.1) is 12.7 Å². The summed E-state index contributed by atoms with van der Waals surface area (Å²) in [7, 11) is 0. The van der Waals surface area contributed by atoms with Gasteiger partial charge in [-0.3, -0.25) is 0 Å². The summed E-state index contributed by atoms with van der Waals surface area (Å²) in [6.45, 7) is 1.86. The Kier molecular flexibility index (Phi) is 3.06. The summed E-state index contributed by atoms with van der Waals surface area (Å²) in [5.41, 5.74) is 2.77. The van der Waals surface area contributed by atoms with Crippen LogP contribution >= 0.6 is 15.9 Å². The number of H-pyrrole nitrogens is 1. The van der Waals surface area contributed by atoms with Crippen molar-refractivity contribution >= 4 is 27.0 Å². The van der Waals surface area contributed by atoms with Crippen molar-refractivity contribution in [2.75, 3.05) is 0 Å². The van der Waals surface area contributed by atoms with Gasteiger partial charge in [0.2, 0.25) is 0 Å². The molecule has 96 valence electrons. The highest BCUT2D eigenvalue weighted by molar-refractivity contribution is 9.10. The molecule has 0 aliphatic carbocycles. The quantitative estimate of drug-likeness (QED) is 0.781. The largest absolute Gasteiger partial charge is 0.345 e. The highest BCUT2D eigenvalue weighted by Gasteiger charge is 2.11. The normalized spacial score (nSPS) is 11.1. The second-order valence-electron chi connectivity index (χ2n) is 4.38. The van der Waals surface area contributed by atoms with Gasteiger partial charge in [-0.05, 0) is 40.5 Å². The van der Waals surface area contributed by atoms with E-state index in [0.29, 0.717) is 6.42 Å². The van der Waals surface area contributed by atoms with Crippen LogP contribution in [0.2, 0.25) is 0 Å². The van der Waals surface area contributed by atoms with E-state index in [-0.39, 0.29) is 5.82 Å². The third-order valence-corrected chi connectivity index (χ3v) is 3.58. The van der Waals surface area contributed by atoms with Crippen molar-refractivity contribution in [1.82, 2.24) is 15.0 Å². The van der Waals surface area contributed by atoms with Crippen molar-refractivity contribution in [3.8, 4) is 0 Å². The summed E-state index contributed by atoms with van der Waals surface area (Å²) in [5.74, 6) is 0.495. The second-order valence-corrected chi connectivity index (χ2v) is 5.24. The van der Waals surface area contributed by atoms with Crippen molar-refractivity contribution in [1.29, 1.82) is 0 Å². The molecule has 2 aromatic heterocycles. The van der Waals surface area contributed by atoms with Crippen LogP contribution in [0.1, 0.15) is 17.1 Å². The molecule has 0 unspecified atom stereocenters. The molecule has 0 atom stereocenters.